The Kier molecular flexibility index (Phi) is 5.50. The molecule has 9 heteroatoms. The summed E-state index contributed by atoms with van der Waals surface area (Å²) in [5.41, 5.74) is 0.906. The zero-order valence-corrected chi connectivity index (χ0v) is 15.9. The third-order valence-electron chi connectivity index (χ3n) is 4.64. The first-order valence-corrected chi connectivity index (χ1v) is 9.54. The Labute approximate surface area is 160 Å². The predicted molar refractivity (Wildman–Crippen MR) is 104 cm³/mol. The van der Waals surface area contributed by atoms with Crippen LogP contribution in [0.2, 0.25) is 0 Å². The van der Waals surface area contributed by atoms with E-state index in [1.165, 1.54) is 13.0 Å². The molecule has 0 radical (unpaired) electrons. The third kappa shape index (κ3) is 4.30. The van der Waals surface area contributed by atoms with Gasteiger partial charge < -0.3 is 4.90 Å². The van der Waals surface area contributed by atoms with Crippen LogP contribution in [-0.2, 0) is 0 Å². The smallest absolute Gasteiger partial charge is 0.293 e. The number of nitro benzene ring substituents is 1. The number of amides is 1. The summed E-state index contributed by atoms with van der Waals surface area (Å²) in [6.45, 7) is 5.10. The molecule has 0 aliphatic carbocycles. The fourth-order valence-electron chi connectivity index (χ4n) is 2.99. The Morgan fingerprint density at radius 3 is 2.63 bits per heavy atom. The molecule has 1 amide bonds. The average Bonchev–Trinajstić information content (AvgIpc) is 3.10. The summed E-state index contributed by atoms with van der Waals surface area (Å²) >= 11 is 1.13. The lowest BCUT2D eigenvalue weighted by molar-refractivity contribution is -0.384. The van der Waals surface area contributed by atoms with Crippen molar-refractivity contribution in [2.75, 3.05) is 23.3 Å². The Bertz CT molecular complexity index is 887. The molecule has 1 fully saturated rings. The number of Topliss-reactive ketones (excluding diaryl/α,β-unsaturated/α-hetero) is 1. The van der Waals surface area contributed by atoms with E-state index >= 15 is 0 Å². The highest BCUT2D eigenvalue weighted by atomic mass is 32.1. The third-order valence-corrected chi connectivity index (χ3v) is 5.40. The van der Waals surface area contributed by atoms with E-state index < -0.39 is 10.8 Å². The SMILES string of the molecule is CC(=O)c1csc(NC(=O)c2ccc(N3CCC(C)CC3)c([N+](=O)[O-])c2)n1. The summed E-state index contributed by atoms with van der Waals surface area (Å²) in [7, 11) is 0. The number of nitrogens with zero attached hydrogens (tertiary/aromatic N) is 3. The number of hydrogen-bond donors (Lipinski definition) is 1. The van der Waals surface area contributed by atoms with Gasteiger partial charge in [0.25, 0.3) is 11.6 Å². The first-order chi connectivity index (χ1) is 12.8. The van der Waals surface area contributed by atoms with Crippen molar-refractivity contribution < 1.29 is 14.5 Å². The number of anilines is 2. The van der Waals surface area contributed by atoms with Crippen LogP contribution in [0.25, 0.3) is 0 Å². The van der Waals surface area contributed by atoms with E-state index in [2.05, 4.69) is 17.2 Å². The Morgan fingerprint density at radius 1 is 1.33 bits per heavy atom. The molecule has 1 saturated heterocycles. The molecule has 1 aliphatic heterocycles. The zero-order chi connectivity index (χ0) is 19.6. The molecule has 8 nitrogen and oxygen atoms in total. The van der Waals surface area contributed by atoms with Gasteiger partial charge in [0.15, 0.2) is 10.9 Å². The van der Waals surface area contributed by atoms with Crippen molar-refractivity contribution in [3.05, 3.63) is 45.0 Å². The molecule has 1 aromatic carbocycles. The van der Waals surface area contributed by atoms with Crippen LogP contribution in [0.1, 0.15) is 47.5 Å². The van der Waals surface area contributed by atoms with Crippen molar-refractivity contribution in [2.24, 2.45) is 5.92 Å². The van der Waals surface area contributed by atoms with Gasteiger partial charge in [-0.3, -0.25) is 25.0 Å². The maximum absolute atomic E-state index is 12.4. The molecule has 2 aromatic rings. The average molecular weight is 388 g/mol. The van der Waals surface area contributed by atoms with E-state index in [0.717, 1.165) is 37.3 Å². The minimum atomic E-state index is -0.499. The van der Waals surface area contributed by atoms with Crippen LogP contribution >= 0.6 is 11.3 Å². The fraction of sp³-hybridized carbons (Fsp3) is 0.389. The number of rotatable bonds is 5. The van der Waals surface area contributed by atoms with Gasteiger partial charge >= 0.3 is 0 Å². The molecular formula is C18H20N4O4S. The lowest BCUT2D eigenvalue weighted by atomic mass is 9.98. The van der Waals surface area contributed by atoms with E-state index in [9.17, 15) is 19.7 Å². The monoisotopic (exact) mass is 388 g/mol. The molecule has 1 aromatic heterocycles. The maximum Gasteiger partial charge on any atom is 0.293 e. The molecule has 1 aliphatic rings. The fourth-order valence-corrected chi connectivity index (χ4v) is 3.73. The minimum absolute atomic E-state index is 0.0826. The quantitative estimate of drug-likeness (QED) is 0.475. The second-order valence-corrected chi connectivity index (χ2v) is 7.54. The number of piperidine rings is 1. The van der Waals surface area contributed by atoms with E-state index in [4.69, 9.17) is 0 Å². The number of carbonyl (C=O) groups excluding carboxylic acids is 2. The van der Waals surface area contributed by atoms with E-state index in [1.54, 1.807) is 17.5 Å². The van der Waals surface area contributed by atoms with Gasteiger partial charge in [-0.1, -0.05) is 6.92 Å². The molecule has 3 rings (SSSR count). The van der Waals surface area contributed by atoms with E-state index in [-0.39, 0.29) is 27.9 Å². The van der Waals surface area contributed by atoms with Crippen LogP contribution in [0.3, 0.4) is 0 Å². The Balaban J connectivity index is 1.81. The summed E-state index contributed by atoms with van der Waals surface area (Å²) in [4.78, 5) is 40.8. The number of ketones is 1. The number of thiazole rings is 1. The molecule has 0 unspecified atom stereocenters. The van der Waals surface area contributed by atoms with Crippen molar-refractivity contribution >= 4 is 39.5 Å². The highest BCUT2D eigenvalue weighted by Gasteiger charge is 2.25. The van der Waals surface area contributed by atoms with Crippen molar-refractivity contribution in [3.63, 3.8) is 0 Å². The molecule has 1 N–H and O–H groups in total. The van der Waals surface area contributed by atoms with Crippen LogP contribution in [0.5, 0.6) is 0 Å². The first kappa shape index (κ1) is 19.0. The molecule has 142 valence electrons. The first-order valence-electron chi connectivity index (χ1n) is 8.66. The summed E-state index contributed by atoms with van der Waals surface area (Å²) in [5.74, 6) is -0.0764. The van der Waals surface area contributed by atoms with Gasteiger partial charge in [0, 0.05) is 37.0 Å². The topological polar surface area (TPSA) is 105 Å². The standard InChI is InChI=1S/C18H20N4O4S/c1-11-5-7-21(8-6-11)15-4-3-13(9-16(15)22(25)26)17(24)20-18-19-14(10-27-18)12(2)23/h3-4,9-11H,5-8H2,1-2H3,(H,19,20,24). The number of benzene rings is 1. The van der Waals surface area contributed by atoms with Crippen molar-refractivity contribution in [1.29, 1.82) is 0 Å². The van der Waals surface area contributed by atoms with Crippen LogP contribution < -0.4 is 10.2 Å². The highest BCUT2D eigenvalue weighted by Crippen LogP contribution is 2.32. The molecular weight excluding hydrogens is 368 g/mol. The van der Waals surface area contributed by atoms with E-state index in [1.807, 2.05) is 4.90 Å². The molecule has 0 saturated carbocycles. The van der Waals surface area contributed by atoms with Crippen molar-refractivity contribution in [1.82, 2.24) is 4.98 Å². The largest absolute Gasteiger partial charge is 0.366 e. The van der Waals surface area contributed by atoms with Crippen molar-refractivity contribution in [3.8, 4) is 0 Å². The summed E-state index contributed by atoms with van der Waals surface area (Å²) in [5, 5.41) is 16.0. The molecule has 0 bridgehead atoms. The zero-order valence-electron chi connectivity index (χ0n) is 15.1. The van der Waals surface area contributed by atoms with Crippen LogP contribution in [0, 0.1) is 16.0 Å². The highest BCUT2D eigenvalue weighted by molar-refractivity contribution is 7.14. The van der Waals surface area contributed by atoms with Crippen LogP contribution in [-0.4, -0.2) is 34.7 Å². The number of hydrogen-bond acceptors (Lipinski definition) is 7. The van der Waals surface area contributed by atoms with Gasteiger partial charge in [-0.25, -0.2) is 4.98 Å². The van der Waals surface area contributed by atoms with Gasteiger partial charge in [-0.15, -0.1) is 11.3 Å². The Hall–Kier alpha value is -2.81. The number of nitro groups is 1. The molecule has 2 heterocycles. The number of nitrogens with one attached hydrogen (secondary N) is 1. The lowest BCUT2D eigenvalue weighted by Crippen LogP contribution is -2.33. The number of aromatic nitrogens is 1. The predicted octanol–water partition coefficient (Wildman–Crippen LogP) is 3.74. The van der Waals surface area contributed by atoms with Crippen molar-refractivity contribution in [2.45, 2.75) is 26.7 Å². The van der Waals surface area contributed by atoms with Gasteiger partial charge in [-0.2, -0.15) is 0 Å². The molecule has 0 spiro atoms. The van der Waals surface area contributed by atoms with Crippen LogP contribution in [0.4, 0.5) is 16.5 Å². The normalized spacial score (nSPS) is 14.8. The van der Waals surface area contributed by atoms with Gasteiger partial charge in [-0.05, 0) is 30.9 Å². The Morgan fingerprint density at radius 2 is 2.04 bits per heavy atom. The molecule has 0 atom stereocenters. The lowest BCUT2D eigenvalue weighted by Gasteiger charge is -2.31. The number of carbonyl (C=O) groups is 2. The van der Waals surface area contributed by atoms with Gasteiger partial charge in [0.05, 0.1) is 4.92 Å². The second-order valence-electron chi connectivity index (χ2n) is 6.68. The van der Waals surface area contributed by atoms with E-state index in [0.29, 0.717) is 11.6 Å². The van der Waals surface area contributed by atoms with Gasteiger partial charge in [0.2, 0.25) is 0 Å². The summed E-state index contributed by atoms with van der Waals surface area (Å²) in [6.07, 6.45) is 1.98. The maximum atomic E-state index is 12.4. The molecule has 27 heavy (non-hydrogen) atoms. The minimum Gasteiger partial charge on any atom is -0.366 e. The summed E-state index contributed by atoms with van der Waals surface area (Å²) in [6, 6.07) is 4.50. The van der Waals surface area contributed by atoms with Gasteiger partial charge in [0.1, 0.15) is 11.4 Å². The van der Waals surface area contributed by atoms with Crippen LogP contribution in [0.15, 0.2) is 23.6 Å². The second kappa shape index (κ2) is 7.83. The summed E-state index contributed by atoms with van der Waals surface area (Å²) < 4.78 is 0.